The van der Waals surface area contributed by atoms with E-state index < -0.39 is 18.0 Å². The number of hydrogen-bond donors (Lipinski definition) is 1. The molecule has 0 fully saturated rings. The van der Waals surface area contributed by atoms with Crippen molar-refractivity contribution in [2.45, 2.75) is 26.0 Å². The highest BCUT2D eigenvalue weighted by Gasteiger charge is 2.31. The Labute approximate surface area is 221 Å². The van der Waals surface area contributed by atoms with Crippen molar-refractivity contribution in [1.29, 1.82) is 0 Å². The Morgan fingerprint density at radius 1 is 1.18 bits per heavy atom. The third-order valence-electron chi connectivity index (χ3n) is 6.29. The molecule has 3 heterocycles. The van der Waals surface area contributed by atoms with E-state index >= 15 is 0 Å². The number of fused-ring (bicyclic) bond motifs is 4. The Hall–Kier alpha value is -4.31. The van der Waals surface area contributed by atoms with Crippen molar-refractivity contribution in [3.05, 3.63) is 77.2 Å². The molecular weight excluding hydrogens is 507 g/mol. The summed E-state index contributed by atoms with van der Waals surface area (Å²) in [5, 5.41) is 3.42. The molecule has 2 aromatic heterocycles. The average molecular weight is 531 g/mol. The molecule has 3 aromatic carbocycles. The first-order valence-electron chi connectivity index (χ1n) is 12.0. The Morgan fingerprint density at radius 2 is 2.03 bits per heavy atom. The van der Waals surface area contributed by atoms with Crippen LogP contribution >= 0.6 is 11.3 Å². The molecule has 0 saturated heterocycles. The number of carbonyl (C=O) groups excluding carboxylic acids is 1. The predicted octanol–water partition coefficient (Wildman–Crippen LogP) is 5.59. The standard InChI is InChI=1S/C28H23FN4O4S/c1-15-8-18(24-21(9-15)32-23(35-2)13-30-24)27-33-22-11-20(29)25-19(26(22)38-27)10-17(37-25)14-36-28(34)31-12-16-6-4-3-5-7-16/h3-9,11,13,17H,10,12,14H2,1-2H3,(H,31,34)/t17-/m1/s1. The molecule has 1 aliphatic rings. The molecule has 1 amide bonds. The van der Waals surface area contributed by atoms with Crippen LogP contribution in [0.1, 0.15) is 16.7 Å². The number of aromatic nitrogens is 3. The van der Waals surface area contributed by atoms with E-state index in [4.69, 9.17) is 19.2 Å². The molecule has 5 aromatic rings. The number of benzene rings is 3. The molecule has 10 heteroatoms. The Balaban J connectivity index is 1.23. The Kier molecular flexibility index (Phi) is 6.24. The van der Waals surface area contributed by atoms with Gasteiger partial charge in [-0.1, -0.05) is 30.3 Å². The normalized spacial score (nSPS) is 14.3. The van der Waals surface area contributed by atoms with Gasteiger partial charge in [-0.05, 0) is 30.2 Å². The topological polar surface area (TPSA) is 95.5 Å². The number of methoxy groups -OCH3 is 1. The van der Waals surface area contributed by atoms with E-state index in [0.717, 1.165) is 27.0 Å². The summed E-state index contributed by atoms with van der Waals surface area (Å²) in [7, 11) is 1.55. The zero-order valence-electron chi connectivity index (χ0n) is 20.7. The maximum Gasteiger partial charge on any atom is 0.407 e. The summed E-state index contributed by atoms with van der Waals surface area (Å²) in [5.74, 6) is 0.126. The number of hydrogen-bond acceptors (Lipinski definition) is 8. The van der Waals surface area contributed by atoms with Crippen LogP contribution in [0.25, 0.3) is 31.8 Å². The number of amides is 1. The lowest BCUT2D eigenvalue weighted by Crippen LogP contribution is -2.29. The molecule has 38 heavy (non-hydrogen) atoms. The van der Waals surface area contributed by atoms with Gasteiger partial charge >= 0.3 is 6.09 Å². The SMILES string of the molecule is COc1cnc2c(-c3nc4cc(F)c5c(c4s3)C[C@H](COC(=O)NCc3ccccc3)O5)cc(C)cc2n1. The lowest BCUT2D eigenvalue weighted by Gasteiger charge is -2.12. The van der Waals surface area contributed by atoms with Crippen LogP contribution < -0.4 is 14.8 Å². The van der Waals surface area contributed by atoms with Crippen LogP contribution in [0.15, 0.2) is 54.7 Å². The van der Waals surface area contributed by atoms with Crippen LogP contribution in [0.3, 0.4) is 0 Å². The van der Waals surface area contributed by atoms with E-state index in [9.17, 15) is 9.18 Å². The maximum atomic E-state index is 15.0. The zero-order chi connectivity index (χ0) is 26.2. The summed E-state index contributed by atoms with van der Waals surface area (Å²) in [5.41, 5.74) is 5.44. The molecule has 0 saturated carbocycles. The quantitative estimate of drug-likeness (QED) is 0.306. The van der Waals surface area contributed by atoms with Crippen molar-refractivity contribution >= 4 is 38.7 Å². The van der Waals surface area contributed by atoms with E-state index in [-0.39, 0.29) is 12.4 Å². The predicted molar refractivity (Wildman–Crippen MR) is 142 cm³/mol. The van der Waals surface area contributed by atoms with Crippen LogP contribution in [0.4, 0.5) is 9.18 Å². The fourth-order valence-corrected chi connectivity index (χ4v) is 5.65. The number of alkyl carbamates (subject to hydrolysis) is 1. The number of thiazole rings is 1. The molecule has 192 valence electrons. The van der Waals surface area contributed by atoms with Crippen LogP contribution in [-0.2, 0) is 17.7 Å². The summed E-state index contributed by atoms with van der Waals surface area (Å²) in [6.07, 6.45) is 0.933. The van der Waals surface area contributed by atoms with Crippen LogP contribution in [-0.4, -0.2) is 40.9 Å². The minimum absolute atomic E-state index is 0.00182. The van der Waals surface area contributed by atoms with Gasteiger partial charge in [-0.2, -0.15) is 0 Å². The number of carbonyl (C=O) groups is 1. The van der Waals surface area contributed by atoms with Crippen LogP contribution in [0, 0.1) is 12.7 Å². The van der Waals surface area contributed by atoms with Crippen LogP contribution in [0.5, 0.6) is 11.6 Å². The highest BCUT2D eigenvalue weighted by molar-refractivity contribution is 7.22. The first-order chi connectivity index (χ1) is 18.5. The largest absolute Gasteiger partial charge is 0.483 e. The molecule has 0 radical (unpaired) electrons. The average Bonchev–Trinajstić information content (AvgIpc) is 3.55. The van der Waals surface area contributed by atoms with Crippen molar-refractivity contribution in [2.75, 3.05) is 13.7 Å². The highest BCUT2D eigenvalue weighted by atomic mass is 32.1. The fourth-order valence-electron chi connectivity index (χ4n) is 4.53. The molecule has 0 bridgehead atoms. The second-order valence-electron chi connectivity index (χ2n) is 9.01. The molecule has 0 aliphatic carbocycles. The lowest BCUT2D eigenvalue weighted by atomic mass is 10.1. The van der Waals surface area contributed by atoms with Crippen LogP contribution in [0.2, 0.25) is 0 Å². The molecule has 8 nitrogen and oxygen atoms in total. The molecule has 1 N–H and O–H groups in total. The van der Waals surface area contributed by atoms with Gasteiger partial charge in [0.05, 0.1) is 34.6 Å². The number of nitrogens with zero attached hydrogens (tertiary/aromatic N) is 3. The van der Waals surface area contributed by atoms with E-state index in [2.05, 4.69) is 15.3 Å². The van der Waals surface area contributed by atoms with E-state index in [1.54, 1.807) is 13.3 Å². The van der Waals surface area contributed by atoms with E-state index in [1.807, 2.05) is 49.4 Å². The van der Waals surface area contributed by atoms with Gasteiger partial charge in [0, 0.05) is 30.2 Å². The van der Waals surface area contributed by atoms with Gasteiger partial charge in [0.1, 0.15) is 17.7 Å². The molecule has 1 atom stereocenters. The molecule has 0 spiro atoms. The van der Waals surface area contributed by atoms with Crippen molar-refractivity contribution < 1.29 is 23.4 Å². The fraction of sp³-hybridized carbons (Fsp3) is 0.214. The lowest BCUT2D eigenvalue weighted by molar-refractivity contribution is 0.0907. The molecule has 0 unspecified atom stereocenters. The molecule has 1 aliphatic heterocycles. The van der Waals surface area contributed by atoms with Crippen molar-refractivity contribution in [3.63, 3.8) is 0 Å². The first-order valence-corrected chi connectivity index (χ1v) is 12.8. The second kappa shape index (κ2) is 9.86. The van der Waals surface area contributed by atoms with Gasteiger partial charge in [0.2, 0.25) is 5.88 Å². The van der Waals surface area contributed by atoms with Crippen molar-refractivity contribution in [2.24, 2.45) is 0 Å². The Morgan fingerprint density at radius 3 is 2.84 bits per heavy atom. The summed E-state index contributed by atoms with van der Waals surface area (Å²) >= 11 is 1.45. The summed E-state index contributed by atoms with van der Waals surface area (Å²) < 4.78 is 32.3. The third-order valence-corrected chi connectivity index (χ3v) is 7.45. The monoisotopic (exact) mass is 530 g/mol. The van der Waals surface area contributed by atoms with Crippen molar-refractivity contribution in [1.82, 2.24) is 20.3 Å². The van der Waals surface area contributed by atoms with Gasteiger partial charge in [-0.3, -0.25) is 0 Å². The zero-order valence-corrected chi connectivity index (χ0v) is 21.5. The number of rotatable bonds is 6. The van der Waals surface area contributed by atoms with Gasteiger partial charge in [-0.15, -0.1) is 11.3 Å². The Bertz CT molecular complexity index is 1670. The first kappa shape index (κ1) is 24.1. The summed E-state index contributed by atoms with van der Waals surface area (Å²) in [6.45, 7) is 2.33. The smallest absolute Gasteiger partial charge is 0.407 e. The molecular formula is C28H23FN4O4S. The summed E-state index contributed by atoms with van der Waals surface area (Å²) in [6, 6.07) is 14.9. The number of halogens is 1. The van der Waals surface area contributed by atoms with E-state index in [0.29, 0.717) is 40.4 Å². The third kappa shape index (κ3) is 4.58. The van der Waals surface area contributed by atoms with Crippen molar-refractivity contribution in [3.8, 4) is 22.2 Å². The summed E-state index contributed by atoms with van der Waals surface area (Å²) in [4.78, 5) is 26.0. The van der Waals surface area contributed by atoms with Gasteiger partial charge in [-0.25, -0.2) is 24.1 Å². The maximum absolute atomic E-state index is 15.0. The number of ether oxygens (including phenoxy) is 3. The van der Waals surface area contributed by atoms with Gasteiger partial charge < -0.3 is 19.5 Å². The van der Waals surface area contributed by atoms with E-state index in [1.165, 1.54) is 17.4 Å². The number of nitrogens with one attached hydrogen (secondary N) is 1. The van der Waals surface area contributed by atoms with Gasteiger partial charge in [0.25, 0.3) is 0 Å². The highest BCUT2D eigenvalue weighted by Crippen LogP contribution is 2.43. The number of aryl methyl sites for hydroxylation is 1. The van der Waals surface area contributed by atoms with Gasteiger partial charge in [0.15, 0.2) is 11.6 Å². The second-order valence-corrected chi connectivity index (χ2v) is 10.0. The molecule has 6 rings (SSSR count). The minimum Gasteiger partial charge on any atom is -0.483 e. The minimum atomic E-state index is -0.553.